The third-order valence-electron chi connectivity index (χ3n) is 4.05. The highest BCUT2D eigenvalue weighted by Crippen LogP contribution is 2.22. The van der Waals surface area contributed by atoms with Crippen LogP contribution in [0.15, 0.2) is 17.7 Å². The molecule has 0 saturated carbocycles. The number of hydrogen-bond acceptors (Lipinski definition) is 4. The van der Waals surface area contributed by atoms with Crippen LogP contribution in [0, 0.1) is 0 Å². The molecule has 2 aromatic rings. The number of hydrogen-bond donors (Lipinski definition) is 1. The number of halogens is 1. The van der Waals surface area contributed by atoms with Gasteiger partial charge < -0.3 is 10.2 Å². The molecule has 3 heterocycles. The van der Waals surface area contributed by atoms with Crippen LogP contribution < -0.4 is 5.32 Å². The minimum absolute atomic E-state index is 0.0927. The molecule has 1 aliphatic heterocycles. The Morgan fingerprint density at radius 2 is 2.22 bits per heavy atom. The highest BCUT2D eigenvalue weighted by atomic mass is 35.5. The van der Waals surface area contributed by atoms with Crippen LogP contribution in [0.5, 0.6) is 0 Å². The summed E-state index contributed by atoms with van der Waals surface area (Å²) in [5, 5.41) is 5.29. The lowest BCUT2D eigenvalue weighted by Gasteiger charge is -2.26. The smallest absolute Gasteiger partial charge is 0.244 e. The Morgan fingerprint density at radius 1 is 1.39 bits per heavy atom. The number of rotatable bonds is 6. The van der Waals surface area contributed by atoms with E-state index >= 15 is 0 Å². The molecule has 1 amide bonds. The van der Waals surface area contributed by atoms with Crippen molar-refractivity contribution in [1.82, 2.24) is 19.6 Å². The van der Waals surface area contributed by atoms with Gasteiger partial charge in [-0.25, -0.2) is 4.98 Å². The maximum atomic E-state index is 11.9. The molecule has 0 spiro atoms. The number of carbonyl (C=O) groups is 1. The molecule has 1 N–H and O–H groups in total. The molecule has 1 aliphatic rings. The van der Waals surface area contributed by atoms with Gasteiger partial charge in [0.25, 0.3) is 0 Å². The van der Waals surface area contributed by atoms with Gasteiger partial charge in [-0.1, -0.05) is 18.0 Å². The summed E-state index contributed by atoms with van der Waals surface area (Å²) in [7, 11) is 0. The van der Waals surface area contributed by atoms with Crippen LogP contribution in [0.2, 0.25) is 5.15 Å². The topological polar surface area (TPSA) is 49.6 Å². The first kappa shape index (κ1) is 16.5. The SMILES string of the molecule is O=C(/C=C/c1c(Cl)nc2sccn12)NCCCN1CCCCC1. The second-order valence-corrected chi connectivity index (χ2v) is 6.95. The van der Waals surface area contributed by atoms with Crippen molar-refractivity contribution in [3.05, 3.63) is 28.5 Å². The van der Waals surface area contributed by atoms with Gasteiger partial charge >= 0.3 is 0 Å². The van der Waals surface area contributed by atoms with Crippen LogP contribution in [-0.2, 0) is 4.79 Å². The summed E-state index contributed by atoms with van der Waals surface area (Å²) in [6.45, 7) is 4.16. The average Bonchev–Trinajstić information content (AvgIpc) is 3.11. The minimum Gasteiger partial charge on any atom is -0.353 e. The first-order valence-corrected chi connectivity index (χ1v) is 9.29. The standard InChI is InChI=1S/C16H21ClN4OS/c17-15-13(21-11-12-23-16(21)19-15)5-6-14(22)18-7-4-10-20-8-2-1-3-9-20/h5-6,11-12H,1-4,7-10H2,(H,18,22)/b6-5+. The van der Waals surface area contributed by atoms with Gasteiger partial charge in [0.05, 0.1) is 5.69 Å². The van der Waals surface area contributed by atoms with E-state index in [0.29, 0.717) is 11.7 Å². The van der Waals surface area contributed by atoms with Crippen LogP contribution in [0.1, 0.15) is 31.4 Å². The number of amides is 1. The number of aromatic nitrogens is 2. The summed E-state index contributed by atoms with van der Waals surface area (Å²) in [5.74, 6) is -0.0927. The number of imidazole rings is 1. The molecule has 23 heavy (non-hydrogen) atoms. The summed E-state index contributed by atoms with van der Waals surface area (Å²) in [6.07, 6.45) is 10.1. The minimum atomic E-state index is -0.0927. The monoisotopic (exact) mass is 352 g/mol. The fourth-order valence-electron chi connectivity index (χ4n) is 2.84. The molecule has 0 radical (unpaired) electrons. The maximum absolute atomic E-state index is 11.9. The van der Waals surface area contributed by atoms with Crippen molar-refractivity contribution in [3.63, 3.8) is 0 Å². The quantitative estimate of drug-likeness (QED) is 0.642. The van der Waals surface area contributed by atoms with Crippen molar-refractivity contribution in [2.24, 2.45) is 0 Å². The third kappa shape index (κ3) is 4.34. The first-order chi connectivity index (χ1) is 11.2. The Hall–Kier alpha value is -1.37. The predicted molar refractivity (Wildman–Crippen MR) is 95.0 cm³/mol. The van der Waals surface area contributed by atoms with Gasteiger partial charge in [-0.2, -0.15) is 0 Å². The molecule has 0 unspecified atom stereocenters. The molecule has 1 fully saturated rings. The van der Waals surface area contributed by atoms with Crippen molar-refractivity contribution < 1.29 is 4.79 Å². The Morgan fingerprint density at radius 3 is 3.04 bits per heavy atom. The lowest BCUT2D eigenvalue weighted by Crippen LogP contribution is -2.33. The highest BCUT2D eigenvalue weighted by molar-refractivity contribution is 7.15. The van der Waals surface area contributed by atoms with Crippen molar-refractivity contribution in [1.29, 1.82) is 0 Å². The molecule has 0 bridgehead atoms. The number of fused-ring (bicyclic) bond motifs is 1. The van der Waals surface area contributed by atoms with Gasteiger partial charge in [-0.15, -0.1) is 11.3 Å². The van der Waals surface area contributed by atoms with Crippen molar-refractivity contribution >= 4 is 39.9 Å². The van der Waals surface area contributed by atoms with E-state index in [0.717, 1.165) is 23.6 Å². The van der Waals surface area contributed by atoms with Gasteiger partial charge in [-0.05, 0) is 45.0 Å². The summed E-state index contributed by atoms with van der Waals surface area (Å²) >= 11 is 7.61. The van der Waals surface area contributed by atoms with E-state index in [-0.39, 0.29) is 5.91 Å². The molecule has 0 aliphatic carbocycles. The molecule has 1 saturated heterocycles. The molecule has 7 heteroatoms. The van der Waals surface area contributed by atoms with Crippen molar-refractivity contribution in [2.75, 3.05) is 26.2 Å². The molecule has 124 valence electrons. The van der Waals surface area contributed by atoms with Gasteiger partial charge in [-0.3, -0.25) is 9.20 Å². The van der Waals surface area contributed by atoms with Gasteiger partial charge in [0, 0.05) is 24.2 Å². The highest BCUT2D eigenvalue weighted by Gasteiger charge is 2.10. The van der Waals surface area contributed by atoms with E-state index in [1.165, 1.54) is 49.8 Å². The van der Waals surface area contributed by atoms with Crippen LogP contribution in [0.25, 0.3) is 11.0 Å². The summed E-state index contributed by atoms with van der Waals surface area (Å²) in [6, 6.07) is 0. The number of likely N-dealkylation sites (tertiary alicyclic amines) is 1. The lowest BCUT2D eigenvalue weighted by molar-refractivity contribution is -0.116. The molecule has 5 nitrogen and oxygen atoms in total. The maximum Gasteiger partial charge on any atom is 0.244 e. The second kappa shape index (κ2) is 7.95. The Bertz CT molecular complexity index is 687. The zero-order valence-corrected chi connectivity index (χ0v) is 14.6. The van der Waals surface area contributed by atoms with E-state index in [2.05, 4.69) is 15.2 Å². The number of piperidine rings is 1. The van der Waals surface area contributed by atoms with Crippen LogP contribution in [-0.4, -0.2) is 46.4 Å². The largest absolute Gasteiger partial charge is 0.353 e. The second-order valence-electron chi connectivity index (χ2n) is 5.72. The Labute approximate surface area is 145 Å². The number of carbonyl (C=O) groups excluding carboxylic acids is 1. The predicted octanol–water partition coefficient (Wildman–Crippen LogP) is 3.05. The third-order valence-corrected chi connectivity index (χ3v) is 5.08. The normalized spacial score (nSPS) is 16.4. The van der Waals surface area contributed by atoms with Crippen LogP contribution in [0.4, 0.5) is 0 Å². The fraction of sp³-hybridized carbons (Fsp3) is 0.500. The Kier molecular flexibility index (Phi) is 5.70. The van der Waals surface area contributed by atoms with Crippen molar-refractivity contribution in [2.45, 2.75) is 25.7 Å². The van der Waals surface area contributed by atoms with E-state index < -0.39 is 0 Å². The average molecular weight is 353 g/mol. The van der Waals surface area contributed by atoms with E-state index in [1.54, 1.807) is 6.08 Å². The van der Waals surface area contributed by atoms with E-state index in [9.17, 15) is 4.79 Å². The van der Waals surface area contributed by atoms with Gasteiger partial charge in [0.2, 0.25) is 5.91 Å². The zero-order valence-electron chi connectivity index (χ0n) is 13.0. The zero-order chi connectivity index (χ0) is 16.1. The molecule has 2 aromatic heterocycles. The van der Waals surface area contributed by atoms with Crippen molar-refractivity contribution in [3.8, 4) is 0 Å². The van der Waals surface area contributed by atoms with Gasteiger partial charge in [0.1, 0.15) is 0 Å². The van der Waals surface area contributed by atoms with Crippen LogP contribution >= 0.6 is 22.9 Å². The molecular formula is C16H21ClN4OS. The number of thiazole rings is 1. The summed E-state index contributed by atoms with van der Waals surface area (Å²) < 4.78 is 1.88. The number of nitrogens with one attached hydrogen (secondary N) is 1. The van der Waals surface area contributed by atoms with E-state index in [1.807, 2.05) is 16.0 Å². The summed E-state index contributed by atoms with van der Waals surface area (Å²) in [4.78, 5) is 19.4. The molecule has 3 rings (SSSR count). The van der Waals surface area contributed by atoms with Gasteiger partial charge in [0.15, 0.2) is 10.1 Å². The lowest BCUT2D eigenvalue weighted by atomic mass is 10.1. The Balaban J connectivity index is 1.43. The molecular weight excluding hydrogens is 332 g/mol. The van der Waals surface area contributed by atoms with Crippen LogP contribution in [0.3, 0.4) is 0 Å². The van der Waals surface area contributed by atoms with E-state index in [4.69, 9.17) is 11.6 Å². The first-order valence-electron chi connectivity index (χ1n) is 8.03. The number of nitrogens with zero attached hydrogens (tertiary/aromatic N) is 3. The molecule has 0 aromatic carbocycles. The fourth-order valence-corrected chi connectivity index (χ4v) is 3.84. The summed E-state index contributed by atoms with van der Waals surface area (Å²) in [5.41, 5.74) is 0.742. The molecule has 0 atom stereocenters.